The van der Waals surface area contributed by atoms with Gasteiger partial charge in [-0.05, 0) is 25.2 Å². The van der Waals surface area contributed by atoms with Crippen molar-refractivity contribution in [1.82, 2.24) is 9.78 Å². The van der Waals surface area contributed by atoms with E-state index in [1.165, 1.54) is 12.8 Å². The van der Waals surface area contributed by atoms with Crippen LogP contribution in [0.5, 0.6) is 0 Å². The number of hydrogen-bond donors (Lipinski definition) is 0. The Bertz CT molecular complexity index is 369. The Hall–Kier alpha value is -0.830. The minimum atomic E-state index is 0.147. The molecule has 4 heteroatoms. The largest absolute Gasteiger partial charge is 0.292 e. The van der Waals surface area contributed by atoms with Crippen LogP contribution < -0.4 is 0 Å². The van der Waals surface area contributed by atoms with Gasteiger partial charge in [-0.25, -0.2) is 0 Å². The van der Waals surface area contributed by atoms with Crippen LogP contribution in [-0.4, -0.2) is 15.6 Å². The van der Waals surface area contributed by atoms with Gasteiger partial charge in [0.05, 0.1) is 11.2 Å². The van der Waals surface area contributed by atoms with E-state index in [-0.39, 0.29) is 5.78 Å². The average Bonchev–Trinajstić information content (AvgIpc) is 2.91. The number of nitrogens with zero attached hydrogens (tertiary/aromatic N) is 2. The van der Waals surface area contributed by atoms with Crippen molar-refractivity contribution in [2.45, 2.75) is 39.2 Å². The molecule has 0 saturated heterocycles. The molecule has 0 unspecified atom stereocenters. The third-order valence-electron chi connectivity index (χ3n) is 2.67. The van der Waals surface area contributed by atoms with Gasteiger partial charge in [-0.1, -0.05) is 18.5 Å². The van der Waals surface area contributed by atoms with E-state index in [1.807, 2.05) is 0 Å². The van der Waals surface area contributed by atoms with Crippen molar-refractivity contribution in [2.75, 3.05) is 0 Å². The quantitative estimate of drug-likeness (QED) is 0.724. The average molecular weight is 227 g/mol. The highest BCUT2D eigenvalue weighted by Crippen LogP contribution is 2.34. The molecule has 1 aliphatic carbocycles. The van der Waals surface area contributed by atoms with Crippen molar-refractivity contribution < 1.29 is 4.79 Å². The smallest absolute Gasteiger partial charge is 0.182 e. The van der Waals surface area contributed by atoms with Gasteiger partial charge < -0.3 is 0 Å². The Morgan fingerprint density at radius 1 is 1.67 bits per heavy atom. The zero-order chi connectivity index (χ0) is 10.8. The molecule has 1 saturated carbocycles. The molecular weight excluding hydrogens is 212 g/mol. The van der Waals surface area contributed by atoms with Crippen molar-refractivity contribution in [3.05, 3.63) is 16.9 Å². The summed E-state index contributed by atoms with van der Waals surface area (Å²) in [6, 6.07) is 0. The van der Waals surface area contributed by atoms with E-state index in [0.29, 0.717) is 23.1 Å². The fourth-order valence-corrected chi connectivity index (χ4v) is 1.95. The number of aryl methyl sites for hydroxylation is 1. The van der Waals surface area contributed by atoms with E-state index < -0.39 is 0 Å². The van der Waals surface area contributed by atoms with Crippen molar-refractivity contribution in [2.24, 2.45) is 5.92 Å². The summed E-state index contributed by atoms with van der Waals surface area (Å²) in [4.78, 5) is 11.9. The molecule has 1 fully saturated rings. The predicted octanol–water partition coefficient (Wildman–Crippen LogP) is 2.93. The van der Waals surface area contributed by atoms with Gasteiger partial charge in [0.2, 0.25) is 0 Å². The monoisotopic (exact) mass is 226 g/mol. The first kappa shape index (κ1) is 10.7. The molecule has 3 nitrogen and oxygen atoms in total. The fourth-order valence-electron chi connectivity index (χ4n) is 1.70. The van der Waals surface area contributed by atoms with E-state index in [1.54, 1.807) is 10.9 Å². The Morgan fingerprint density at radius 2 is 2.40 bits per heavy atom. The molecule has 1 aromatic rings. The molecule has 0 aliphatic heterocycles. The predicted molar refractivity (Wildman–Crippen MR) is 59.2 cm³/mol. The molecule has 0 spiro atoms. The van der Waals surface area contributed by atoms with Gasteiger partial charge >= 0.3 is 0 Å². The van der Waals surface area contributed by atoms with Crippen LogP contribution >= 0.6 is 11.6 Å². The summed E-state index contributed by atoms with van der Waals surface area (Å²) < 4.78 is 1.73. The lowest BCUT2D eigenvalue weighted by atomic mass is 10.1. The molecule has 1 heterocycles. The number of ketones is 1. The van der Waals surface area contributed by atoms with Gasteiger partial charge in [0.25, 0.3) is 0 Å². The van der Waals surface area contributed by atoms with Crippen LogP contribution in [-0.2, 0) is 6.54 Å². The first-order valence-corrected chi connectivity index (χ1v) is 5.84. The molecule has 0 N–H and O–H groups in total. The van der Waals surface area contributed by atoms with Crippen molar-refractivity contribution >= 4 is 17.4 Å². The summed E-state index contributed by atoms with van der Waals surface area (Å²) >= 11 is 5.98. The Morgan fingerprint density at radius 3 is 3.00 bits per heavy atom. The Labute approximate surface area is 94.4 Å². The second-order valence-electron chi connectivity index (χ2n) is 4.13. The van der Waals surface area contributed by atoms with Crippen LogP contribution in [0.15, 0.2) is 6.20 Å². The van der Waals surface area contributed by atoms with Crippen molar-refractivity contribution in [1.29, 1.82) is 0 Å². The van der Waals surface area contributed by atoms with Crippen LogP contribution in [0.3, 0.4) is 0 Å². The molecule has 0 amide bonds. The summed E-state index contributed by atoms with van der Waals surface area (Å²) in [6.07, 6.45) is 5.53. The standard InChI is InChI=1S/C11H15ClN2O/c1-2-5-14-11(9(12)7-13-14)10(15)6-8-3-4-8/h7-8H,2-6H2,1H3. The highest BCUT2D eigenvalue weighted by atomic mass is 35.5. The normalized spacial score (nSPS) is 15.6. The lowest BCUT2D eigenvalue weighted by Gasteiger charge is -2.05. The number of aromatic nitrogens is 2. The zero-order valence-corrected chi connectivity index (χ0v) is 9.63. The SMILES string of the molecule is CCCn1ncc(Cl)c1C(=O)CC1CC1. The molecule has 15 heavy (non-hydrogen) atoms. The minimum Gasteiger partial charge on any atom is -0.292 e. The summed E-state index contributed by atoms with van der Waals surface area (Å²) in [7, 11) is 0. The summed E-state index contributed by atoms with van der Waals surface area (Å²) in [6.45, 7) is 2.82. The van der Waals surface area contributed by atoms with E-state index in [9.17, 15) is 4.79 Å². The minimum absolute atomic E-state index is 0.147. The number of rotatable bonds is 5. The topological polar surface area (TPSA) is 34.9 Å². The van der Waals surface area contributed by atoms with Gasteiger partial charge in [0.15, 0.2) is 5.78 Å². The second kappa shape index (κ2) is 4.35. The summed E-state index contributed by atoms with van der Waals surface area (Å²) in [5.41, 5.74) is 0.602. The lowest BCUT2D eigenvalue weighted by molar-refractivity contribution is 0.0965. The molecule has 0 bridgehead atoms. The number of halogens is 1. The molecule has 1 aromatic heterocycles. The number of hydrogen-bond acceptors (Lipinski definition) is 2. The van der Waals surface area contributed by atoms with E-state index in [2.05, 4.69) is 12.0 Å². The van der Waals surface area contributed by atoms with E-state index >= 15 is 0 Å². The number of carbonyl (C=O) groups is 1. The lowest BCUT2D eigenvalue weighted by Crippen LogP contribution is -2.11. The van der Waals surface area contributed by atoms with Gasteiger partial charge in [-0.15, -0.1) is 0 Å². The van der Waals surface area contributed by atoms with Gasteiger partial charge in [-0.2, -0.15) is 5.10 Å². The van der Waals surface area contributed by atoms with Gasteiger partial charge in [0.1, 0.15) is 5.69 Å². The molecular formula is C11H15ClN2O. The highest BCUT2D eigenvalue weighted by Gasteiger charge is 2.27. The first-order chi connectivity index (χ1) is 7.22. The molecule has 2 rings (SSSR count). The van der Waals surface area contributed by atoms with Crippen LogP contribution in [0, 0.1) is 5.92 Å². The maximum Gasteiger partial charge on any atom is 0.182 e. The van der Waals surface area contributed by atoms with Crippen LogP contribution in [0.4, 0.5) is 0 Å². The first-order valence-electron chi connectivity index (χ1n) is 5.47. The van der Waals surface area contributed by atoms with E-state index in [4.69, 9.17) is 11.6 Å². The third kappa shape index (κ3) is 2.40. The third-order valence-corrected chi connectivity index (χ3v) is 2.94. The Balaban J connectivity index is 2.15. The summed E-state index contributed by atoms with van der Waals surface area (Å²) in [5, 5.41) is 4.61. The molecule has 0 radical (unpaired) electrons. The molecule has 0 aromatic carbocycles. The zero-order valence-electron chi connectivity index (χ0n) is 8.87. The second-order valence-corrected chi connectivity index (χ2v) is 4.54. The van der Waals surface area contributed by atoms with Crippen LogP contribution in [0.2, 0.25) is 5.02 Å². The number of carbonyl (C=O) groups excluding carboxylic acids is 1. The van der Waals surface area contributed by atoms with Gasteiger partial charge in [0, 0.05) is 13.0 Å². The van der Waals surface area contributed by atoms with Crippen molar-refractivity contribution in [3.63, 3.8) is 0 Å². The fraction of sp³-hybridized carbons (Fsp3) is 0.636. The number of Topliss-reactive ketones (excluding diaryl/α,β-unsaturated/α-hetero) is 1. The summed E-state index contributed by atoms with van der Waals surface area (Å²) in [5.74, 6) is 0.743. The van der Waals surface area contributed by atoms with Gasteiger partial charge in [-0.3, -0.25) is 9.48 Å². The highest BCUT2D eigenvalue weighted by molar-refractivity contribution is 6.33. The Kier molecular flexibility index (Phi) is 3.10. The maximum absolute atomic E-state index is 11.9. The van der Waals surface area contributed by atoms with Crippen LogP contribution in [0.25, 0.3) is 0 Å². The molecule has 1 aliphatic rings. The van der Waals surface area contributed by atoms with Crippen LogP contribution in [0.1, 0.15) is 43.1 Å². The maximum atomic E-state index is 11.9. The molecule has 0 atom stereocenters. The molecule has 82 valence electrons. The van der Waals surface area contributed by atoms with Crippen molar-refractivity contribution in [3.8, 4) is 0 Å². The van der Waals surface area contributed by atoms with E-state index in [0.717, 1.165) is 13.0 Å².